The van der Waals surface area contributed by atoms with Crippen LogP contribution in [-0.2, 0) is 13.6 Å². The number of nitrogens with two attached hydrogens (primary N) is 1. The zero-order valence-electron chi connectivity index (χ0n) is 11.4. The molecule has 104 valence electrons. The Balaban J connectivity index is 1.99. The second-order valence-corrected chi connectivity index (χ2v) is 4.58. The highest BCUT2D eigenvalue weighted by atomic mass is 15.3. The Morgan fingerprint density at radius 2 is 2.14 bits per heavy atom. The third-order valence-electron chi connectivity index (χ3n) is 3.29. The molecule has 0 amide bonds. The molecule has 0 aliphatic carbocycles. The number of nitrogens with zero attached hydrogens (tertiary/aromatic N) is 5. The Labute approximate surface area is 121 Å². The summed E-state index contributed by atoms with van der Waals surface area (Å²) < 4.78 is 1.60. The van der Waals surface area contributed by atoms with Gasteiger partial charge in [0, 0.05) is 24.5 Å². The molecule has 0 spiro atoms. The van der Waals surface area contributed by atoms with Gasteiger partial charge in [-0.05, 0) is 6.07 Å². The highest BCUT2D eigenvalue weighted by molar-refractivity contribution is 5.92. The van der Waals surface area contributed by atoms with Crippen LogP contribution in [0.3, 0.4) is 0 Å². The highest BCUT2D eigenvalue weighted by Gasteiger charge is 2.11. The molecule has 3 N–H and O–H groups in total. The van der Waals surface area contributed by atoms with Gasteiger partial charge in [-0.25, -0.2) is 0 Å². The van der Waals surface area contributed by atoms with Gasteiger partial charge >= 0.3 is 0 Å². The molecule has 0 radical (unpaired) electrons. The number of nitrogen functional groups attached to an aromatic ring is 1. The van der Waals surface area contributed by atoms with Crippen LogP contribution in [0.5, 0.6) is 0 Å². The van der Waals surface area contributed by atoms with Crippen molar-refractivity contribution in [3.63, 3.8) is 0 Å². The van der Waals surface area contributed by atoms with Crippen molar-refractivity contribution in [2.24, 2.45) is 7.05 Å². The number of fused-ring (bicyclic) bond motifs is 1. The molecule has 0 unspecified atom stereocenters. The van der Waals surface area contributed by atoms with Crippen LogP contribution in [0.25, 0.3) is 10.9 Å². The quantitative estimate of drug-likeness (QED) is 0.751. The molecule has 0 fully saturated rings. The first kappa shape index (κ1) is 12.9. The van der Waals surface area contributed by atoms with Crippen molar-refractivity contribution >= 4 is 22.4 Å². The van der Waals surface area contributed by atoms with Crippen molar-refractivity contribution in [2.75, 3.05) is 11.1 Å². The Morgan fingerprint density at radius 3 is 2.86 bits per heavy atom. The fourth-order valence-electron chi connectivity index (χ4n) is 2.12. The van der Waals surface area contributed by atoms with Gasteiger partial charge in [0.25, 0.3) is 0 Å². The molecule has 0 saturated carbocycles. The summed E-state index contributed by atoms with van der Waals surface area (Å²) in [5.41, 5.74) is 8.43. The van der Waals surface area contributed by atoms with Crippen molar-refractivity contribution < 1.29 is 0 Å². The lowest BCUT2D eigenvalue weighted by molar-refractivity contribution is 0.778. The number of hydrogen-bond donors (Lipinski definition) is 2. The average molecular weight is 279 g/mol. The van der Waals surface area contributed by atoms with Gasteiger partial charge in [-0.3, -0.25) is 4.68 Å². The number of benzene rings is 1. The number of anilines is 2. The number of nitrogens with one attached hydrogen (secondary N) is 1. The van der Waals surface area contributed by atoms with Crippen LogP contribution in [0.1, 0.15) is 11.3 Å². The molecule has 0 atom stereocenters. The van der Waals surface area contributed by atoms with Gasteiger partial charge in [0.2, 0.25) is 0 Å². The monoisotopic (exact) mass is 279 g/mol. The maximum atomic E-state index is 9.20. The standard InChI is InChI=1S/C14H13N7/c1-21-14(16)9(8-18-21)7-17-13-10-4-2-3-5-11(10)19-20-12(13)6-15/h2-5,8H,7,16H2,1H3,(H,17,19). The van der Waals surface area contributed by atoms with Crippen LogP contribution in [0.4, 0.5) is 11.5 Å². The maximum Gasteiger partial charge on any atom is 0.186 e. The lowest BCUT2D eigenvalue weighted by atomic mass is 10.1. The summed E-state index contributed by atoms with van der Waals surface area (Å²) in [6.45, 7) is 0.462. The summed E-state index contributed by atoms with van der Waals surface area (Å²) in [4.78, 5) is 0. The molecule has 3 aromatic rings. The van der Waals surface area contributed by atoms with E-state index < -0.39 is 0 Å². The Hall–Kier alpha value is -3.14. The van der Waals surface area contributed by atoms with Crippen molar-refractivity contribution in [1.29, 1.82) is 5.26 Å². The number of hydrogen-bond acceptors (Lipinski definition) is 6. The third kappa shape index (κ3) is 2.23. The van der Waals surface area contributed by atoms with Crippen molar-refractivity contribution in [3.8, 4) is 6.07 Å². The van der Waals surface area contributed by atoms with Gasteiger partial charge in [-0.2, -0.15) is 10.4 Å². The van der Waals surface area contributed by atoms with Gasteiger partial charge in [0.15, 0.2) is 5.69 Å². The van der Waals surface area contributed by atoms with Crippen LogP contribution in [0.2, 0.25) is 0 Å². The molecule has 0 saturated heterocycles. The largest absolute Gasteiger partial charge is 0.384 e. The molecule has 0 bridgehead atoms. The van der Waals surface area contributed by atoms with Crippen molar-refractivity contribution in [1.82, 2.24) is 20.0 Å². The minimum atomic E-state index is 0.260. The van der Waals surface area contributed by atoms with E-state index in [2.05, 4.69) is 26.7 Å². The van der Waals surface area contributed by atoms with E-state index in [0.29, 0.717) is 18.1 Å². The topological polar surface area (TPSA) is 105 Å². The first-order valence-electron chi connectivity index (χ1n) is 6.36. The van der Waals surface area contributed by atoms with Gasteiger partial charge in [0.05, 0.1) is 17.4 Å². The molecular formula is C14H13N7. The lowest BCUT2D eigenvalue weighted by Crippen LogP contribution is -2.06. The number of rotatable bonds is 3. The van der Waals surface area contributed by atoms with Crippen LogP contribution in [0, 0.1) is 11.3 Å². The van der Waals surface area contributed by atoms with Gasteiger partial charge in [0.1, 0.15) is 11.9 Å². The van der Waals surface area contributed by atoms with Crippen molar-refractivity contribution in [2.45, 2.75) is 6.54 Å². The Kier molecular flexibility index (Phi) is 3.12. The summed E-state index contributed by atoms with van der Waals surface area (Å²) in [6, 6.07) is 9.59. The second-order valence-electron chi connectivity index (χ2n) is 4.58. The van der Waals surface area contributed by atoms with E-state index in [4.69, 9.17) is 5.73 Å². The third-order valence-corrected chi connectivity index (χ3v) is 3.29. The van der Waals surface area contributed by atoms with Crippen LogP contribution >= 0.6 is 0 Å². The van der Waals surface area contributed by atoms with Crippen molar-refractivity contribution in [3.05, 3.63) is 41.7 Å². The molecule has 1 aromatic carbocycles. The summed E-state index contributed by atoms with van der Waals surface area (Å²) in [5.74, 6) is 0.590. The number of aromatic nitrogens is 4. The molecule has 21 heavy (non-hydrogen) atoms. The summed E-state index contributed by atoms with van der Waals surface area (Å²) >= 11 is 0. The zero-order valence-corrected chi connectivity index (χ0v) is 11.4. The minimum absolute atomic E-state index is 0.260. The number of aryl methyl sites for hydroxylation is 1. The Morgan fingerprint density at radius 1 is 1.33 bits per heavy atom. The van der Waals surface area contributed by atoms with E-state index in [1.807, 2.05) is 24.3 Å². The SMILES string of the molecule is Cn1ncc(CNc2c(C#N)nnc3ccccc23)c1N. The van der Waals surface area contributed by atoms with E-state index in [0.717, 1.165) is 16.5 Å². The molecular weight excluding hydrogens is 266 g/mol. The normalized spacial score (nSPS) is 10.5. The van der Waals surface area contributed by atoms with Gasteiger partial charge in [-0.15, -0.1) is 10.2 Å². The van der Waals surface area contributed by atoms with E-state index >= 15 is 0 Å². The second kappa shape index (κ2) is 5.09. The van der Waals surface area contributed by atoms with Crippen LogP contribution in [0.15, 0.2) is 30.5 Å². The first-order valence-corrected chi connectivity index (χ1v) is 6.36. The molecule has 2 aromatic heterocycles. The fraction of sp³-hybridized carbons (Fsp3) is 0.143. The first-order chi connectivity index (χ1) is 10.2. The molecule has 7 heteroatoms. The Bertz CT molecular complexity index is 844. The highest BCUT2D eigenvalue weighted by Crippen LogP contribution is 2.24. The zero-order chi connectivity index (χ0) is 14.8. The maximum absolute atomic E-state index is 9.20. The molecule has 0 aliphatic heterocycles. The van der Waals surface area contributed by atoms with Crippen LogP contribution < -0.4 is 11.1 Å². The van der Waals surface area contributed by atoms with E-state index in [9.17, 15) is 5.26 Å². The van der Waals surface area contributed by atoms with Gasteiger partial charge in [-0.1, -0.05) is 18.2 Å². The lowest BCUT2D eigenvalue weighted by Gasteiger charge is -2.10. The molecule has 3 rings (SSSR count). The molecule has 2 heterocycles. The van der Waals surface area contributed by atoms with E-state index in [1.165, 1.54) is 0 Å². The molecule has 0 aliphatic rings. The summed E-state index contributed by atoms with van der Waals surface area (Å²) in [7, 11) is 1.78. The summed E-state index contributed by atoms with van der Waals surface area (Å²) in [6.07, 6.45) is 1.70. The minimum Gasteiger partial charge on any atom is -0.384 e. The fourth-order valence-corrected chi connectivity index (χ4v) is 2.12. The predicted molar refractivity (Wildman–Crippen MR) is 79.2 cm³/mol. The predicted octanol–water partition coefficient (Wildman–Crippen LogP) is 1.43. The van der Waals surface area contributed by atoms with Crippen LogP contribution in [-0.4, -0.2) is 20.0 Å². The van der Waals surface area contributed by atoms with E-state index in [1.54, 1.807) is 17.9 Å². The molecule has 7 nitrogen and oxygen atoms in total. The summed E-state index contributed by atoms with van der Waals surface area (Å²) in [5, 5.41) is 25.3. The smallest absolute Gasteiger partial charge is 0.186 e. The average Bonchev–Trinajstić information content (AvgIpc) is 2.84. The van der Waals surface area contributed by atoms with Gasteiger partial charge < -0.3 is 11.1 Å². The van der Waals surface area contributed by atoms with E-state index in [-0.39, 0.29) is 5.69 Å². The number of nitriles is 1.